The molecule has 18 heavy (non-hydrogen) atoms. The lowest BCUT2D eigenvalue weighted by Gasteiger charge is -2.10. The van der Waals surface area contributed by atoms with Crippen molar-refractivity contribution in [3.63, 3.8) is 0 Å². The molecule has 2 nitrogen and oxygen atoms in total. The topological polar surface area (TPSA) is 17.0 Å². The summed E-state index contributed by atoms with van der Waals surface area (Å²) < 4.78 is 28.3. The molecule has 4 heteroatoms. The summed E-state index contributed by atoms with van der Waals surface area (Å²) in [6.07, 6.45) is 3.05. The van der Waals surface area contributed by atoms with E-state index in [1.807, 2.05) is 18.3 Å². The maximum absolute atomic E-state index is 13.4. The Bertz CT molecular complexity index is 520. The lowest BCUT2D eigenvalue weighted by Crippen LogP contribution is -2.07. The van der Waals surface area contributed by atoms with E-state index < -0.39 is 11.6 Å². The molecule has 0 amide bonds. The molecule has 1 aromatic carbocycles. The van der Waals surface area contributed by atoms with E-state index in [4.69, 9.17) is 0 Å². The van der Waals surface area contributed by atoms with E-state index in [-0.39, 0.29) is 0 Å². The summed E-state index contributed by atoms with van der Waals surface area (Å²) in [7, 11) is 0. The monoisotopic (exact) mass is 250 g/mol. The molecule has 0 aliphatic heterocycles. The van der Waals surface area contributed by atoms with Gasteiger partial charge < -0.3 is 9.88 Å². The molecule has 0 unspecified atom stereocenters. The van der Waals surface area contributed by atoms with E-state index in [9.17, 15) is 8.78 Å². The second-order valence-corrected chi connectivity index (χ2v) is 4.17. The van der Waals surface area contributed by atoms with E-state index in [1.54, 1.807) is 0 Å². The Labute approximate surface area is 105 Å². The summed E-state index contributed by atoms with van der Waals surface area (Å²) in [6, 6.07) is 7.50. The molecule has 0 saturated heterocycles. The number of hydrogen-bond acceptors (Lipinski definition) is 1. The van der Waals surface area contributed by atoms with Crippen LogP contribution in [0.15, 0.2) is 36.5 Å². The third kappa shape index (κ3) is 2.88. The van der Waals surface area contributed by atoms with Crippen LogP contribution in [0.4, 0.5) is 14.5 Å². The maximum Gasteiger partial charge on any atom is 0.149 e. The Balaban J connectivity index is 2.04. The van der Waals surface area contributed by atoms with E-state index in [0.29, 0.717) is 12.2 Å². The lowest BCUT2D eigenvalue weighted by molar-refractivity contribution is 0.584. The minimum Gasteiger partial charge on any atom is -0.377 e. The Morgan fingerprint density at radius 3 is 2.78 bits per heavy atom. The van der Waals surface area contributed by atoms with Crippen LogP contribution in [0.3, 0.4) is 0 Å². The van der Waals surface area contributed by atoms with E-state index in [0.717, 1.165) is 24.7 Å². The number of benzene rings is 1. The van der Waals surface area contributed by atoms with Gasteiger partial charge in [0.2, 0.25) is 0 Å². The zero-order chi connectivity index (χ0) is 13.0. The molecule has 1 N–H and O–H groups in total. The van der Waals surface area contributed by atoms with Crippen molar-refractivity contribution in [2.75, 3.05) is 5.32 Å². The van der Waals surface area contributed by atoms with Gasteiger partial charge in [0.1, 0.15) is 11.6 Å². The van der Waals surface area contributed by atoms with Crippen molar-refractivity contribution in [3.8, 4) is 0 Å². The fourth-order valence-corrected chi connectivity index (χ4v) is 1.89. The van der Waals surface area contributed by atoms with Crippen LogP contribution in [0, 0.1) is 11.6 Å². The third-order valence-electron chi connectivity index (χ3n) is 2.78. The zero-order valence-electron chi connectivity index (χ0n) is 10.3. The van der Waals surface area contributed by atoms with Gasteiger partial charge in [0.05, 0.1) is 12.2 Å². The summed E-state index contributed by atoms with van der Waals surface area (Å²) in [4.78, 5) is 0. The van der Waals surface area contributed by atoms with Gasteiger partial charge in [-0.2, -0.15) is 0 Å². The van der Waals surface area contributed by atoms with Gasteiger partial charge in [-0.25, -0.2) is 8.78 Å². The van der Waals surface area contributed by atoms with Crippen molar-refractivity contribution >= 4 is 5.69 Å². The Morgan fingerprint density at radius 2 is 2.06 bits per heavy atom. The number of aryl methyl sites for hydroxylation is 1. The molecule has 0 spiro atoms. The van der Waals surface area contributed by atoms with Gasteiger partial charge in [-0.15, -0.1) is 0 Å². The average molecular weight is 250 g/mol. The number of hydrogen-bond donors (Lipinski definition) is 1. The molecule has 1 aromatic heterocycles. The highest BCUT2D eigenvalue weighted by Gasteiger charge is 2.05. The van der Waals surface area contributed by atoms with Gasteiger partial charge in [0.25, 0.3) is 0 Å². The van der Waals surface area contributed by atoms with Crippen LogP contribution in [0.25, 0.3) is 0 Å². The van der Waals surface area contributed by atoms with Crippen LogP contribution < -0.4 is 5.32 Å². The summed E-state index contributed by atoms with van der Waals surface area (Å²) in [5.74, 6) is -1.13. The van der Waals surface area contributed by atoms with Crippen LogP contribution in [-0.2, 0) is 13.1 Å². The molecule has 0 atom stereocenters. The number of halogens is 2. The molecular weight excluding hydrogens is 234 g/mol. The molecule has 1 heterocycles. The highest BCUT2D eigenvalue weighted by Crippen LogP contribution is 2.16. The summed E-state index contributed by atoms with van der Waals surface area (Å²) in [5, 5.41) is 2.98. The van der Waals surface area contributed by atoms with Gasteiger partial charge >= 0.3 is 0 Å². The lowest BCUT2D eigenvalue weighted by atomic mass is 10.3. The van der Waals surface area contributed by atoms with Crippen LogP contribution in [-0.4, -0.2) is 4.57 Å². The van der Waals surface area contributed by atoms with Crippen LogP contribution >= 0.6 is 0 Å². The van der Waals surface area contributed by atoms with E-state index in [2.05, 4.69) is 16.8 Å². The molecule has 0 aliphatic rings. The quantitative estimate of drug-likeness (QED) is 0.854. The molecule has 0 saturated carbocycles. The fraction of sp³-hybridized carbons (Fsp3) is 0.286. The standard InChI is InChI=1S/C14H16F2N2/c1-2-7-18-8-3-4-12(18)10-17-14-6-5-11(15)9-13(14)16/h3-6,8-9,17H,2,7,10H2,1H3. The largest absolute Gasteiger partial charge is 0.377 e. The number of nitrogens with zero attached hydrogens (tertiary/aromatic N) is 1. The second-order valence-electron chi connectivity index (χ2n) is 4.17. The van der Waals surface area contributed by atoms with Crippen LogP contribution in [0.1, 0.15) is 19.0 Å². The average Bonchev–Trinajstić information content (AvgIpc) is 2.76. The minimum absolute atomic E-state index is 0.320. The Morgan fingerprint density at radius 1 is 1.22 bits per heavy atom. The highest BCUT2D eigenvalue weighted by molar-refractivity contribution is 5.44. The van der Waals surface area contributed by atoms with Gasteiger partial charge in [-0.3, -0.25) is 0 Å². The fourth-order valence-electron chi connectivity index (χ4n) is 1.89. The first-order valence-electron chi connectivity index (χ1n) is 6.03. The number of aromatic nitrogens is 1. The maximum atomic E-state index is 13.4. The highest BCUT2D eigenvalue weighted by atomic mass is 19.1. The van der Waals surface area contributed by atoms with Gasteiger partial charge in [0.15, 0.2) is 0 Å². The minimum atomic E-state index is -0.566. The van der Waals surface area contributed by atoms with Gasteiger partial charge in [-0.1, -0.05) is 6.92 Å². The first-order valence-corrected chi connectivity index (χ1v) is 6.03. The first-order chi connectivity index (χ1) is 8.70. The molecule has 2 aromatic rings. The summed E-state index contributed by atoms with van der Waals surface area (Å²) >= 11 is 0. The zero-order valence-corrected chi connectivity index (χ0v) is 10.3. The Hall–Kier alpha value is -1.84. The van der Waals surface area contributed by atoms with Gasteiger partial charge in [-0.05, 0) is 30.7 Å². The summed E-state index contributed by atoms with van der Waals surface area (Å²) in [5.41, 5.74) is 1.40. The van der Waals surface area contributed by atoms with Crippen molar-refractivity contribution in [2.45, 2.75) is 26.4 Å². The van der Waals surface area contributed by atoms with Crippen molar-refractivity contribution < 1.29 is 8.78 Å². The molecular formula is C14H16F2N2. The second kappa shape index (κ2) is 5.67. The van der Waals surface area contributed by atoms with Crippen molar-refractivity contribution in [1.29, 1.82) is 0 Å². The van der Waals surface area contributed by atoms with Gasteiger partial charge in [0, 0.05) is 24.5 Å². The van der Waals surface area contributed by atoms with Crippen molar-refractivity contribution in [3.05, 3.63) is 53.9 Å². The Kier molecular flexibility index (Phi) is 3.97. The molecule has 2 rings (SSSR count). The van der Waals surface area contributed by atoms with Crippen LogP contribution in [0.5, 0.6) is 0 Å². The first kappa shape index (κ1) is 12.6. The number of rotatable bonds is 5. The molecule has 0 aliphatic carbocycles. The predicted molar refractivity (Wildman–Crippen MR) is 68.4 cm³/mol. The van der Waals surface area contributed by atoms with Crippen molar-refractivity contribution in [2.24, 2.45) is 0 Å². The predicted octanol–water partition coefficient (Wildman–Crippen LogP) is 3.79. The van der Waals surface area contributed by atoms with E-state index in [1.165, 1.54) is 12.1 Å². The van der Waals surface area contributed by atoms with E-state index >= 15 is 0 Å². The number of nitrogens with one attached hydrogen (secondary N) is 1. The molecule has 96 valence electrons. The van der Waals surface area contributed by atoms with Crippen molar-refractivity contribution in [1.82, 2.24) is 4.57 Å². The summed E-state index contributed by atoms with van der Waals surface area (Å²) in [6.45, 7) is 3.57. The molecule has 0 radical (unpaired) electrons. The number of anilines is 1. The molecule has 0 bridgehead atoms. The smallest absolute Gasteiger partial charge is 0.149 e. The third-order valence-corrected chi connectivity index (χ3v) is 2.78. The SMILES string of the molecule is CCCn1cccc1CNc1ccc(F)cc1F. The van der Waals surface area contributed by atoms with Crippen LogP contribution in [0.2, 0.25) is 0 Å². The normalized spacial score (nSPS) is 10.6. The molecule has 0 fully saturated rings.